The first-order chi connectivity index (χ1) is 13.8. The lowest BCUT2D eigenvalue weighted by molar-refractivity contribution is -0.214. The van der Waals surface area contributed by atoms with E-state index >= 15 is 0 Å². The molecule has 0 unspecified atom stereocenters. The molecule has 4 aliphatic carbocycles. The number of carbonyl (C=O) groups excluding carboxylic acids is 2. The lowest BCUT2D eigenvalue weighted by Crippen LogP contribution is -2.67. The van der Waals surface area contributed by atoms with E-state index in [2.05, 4.69) is 6.92 Å². The summed E-state index contributed by atoms with van der Waals surface area (Å²) >= 11 is 0. The third-order valence-electron chi connectivity index (χ3n) is 10.1. The first-order valence-electron chi connectivity index (χ1n) is 11.3. The molecule has 2 N–H and O–H groups in total. The molecule has 8 atom stereocenters. The minimum atomic E-state index is -1.15. The van der Waals surface area contributed by atoms with Crippen LogP contribution in [-0.4, -0.2) is 46.1 Å². The third-order valence-corrected chi connectivity index (χ3v) is 10.1. The van der Waals surface area contributed by atoms with Crippen molar-refractivity contribution in [1.82, 2.24) is 0 Å². The molecule has 6 rings (SSSR count). The smallest absolute Gasteiger partial charge is 0.331 e. The number of rotatable bonds is 1. The Labute approximate surface area is 170 Å². The van der Waals surface area contributed by atoms with Gasteiger partial charge in [-0.15, -0.1) is 0 Å². The second-order valence-electron chi connectivity index (χ2n) is 10.9. The van der Waals surface area contributed by atoms with Crippen LogP contribution in [0.5, 0.6) is 0 Å². The van der Waals surface area contributed by atoms with Gasteiger partial charge in [-0.1, -0.05) is 6.92 Å². The van der Waals surface area contributed by atoms with Crippen LogP contribution in [0.3, 0.4) is 0 Å². The fourth-order valence-electron chi connectivity index (χ4n) is 8.96. The number of hydrogen-bond donors (Lipinski definition) is 2. The molecule has 2 aliphatic heterocycles. The van der Waals surface area contributed by atoms with Gasteiger partial charge in [-0.25, -0.2) is 4.79 Å². The van der Waals surface area contributed by atoms with Crippen molar-refractivity contribution >= 4 is 11.9 Å². The van der Waals surface area contributed by atoms with Gasteiger partial charge in [0.15, 0.2) is 0 Å². The predicted octanol–water partition coefficient (Wildman–Crippen LogP) is 2.26. The highest BCUT2D eigenvalue weighted by atomic mass is 16.6. The van der Waals surface area contributed by atoms with Gasteiger partial charge in [0.25, 0.3) is 0 Å². The normalized spacial score (nSPS) is 55.5. The molecule has 6 heteroatoms. The highest BCUT2D eigenvalue weighted by molar-refractivity contribution is 5.85. The van der Waals surface area contributed by atoms with Gasteiger partial charge >= 0.3 is 11.9 Å². The molecule has 0 aromatic heterocycles. The van der Waals surface area contributed by atoms with Crippen molar-refractivity contribution in [3.05, 3.63) is 11.6 Å². The summed E-state index contributed by atoms with van der Waals surface area (Å²) in [6.07, 6.45) is 7.49. The van der Waals surface area contributed by atoms with Crippen LogP contribution in [0, 0.1) is 28.6 Å². The molecule has 29 heavy (non-hydrogen) atoms. The summed E-state index contributed by atoms with van der Waals surface area (Å²) in [7, 11) is 0. The van der Waals surface area contributed by atoms with Crippen molar-refractivity contribution < 1.29 is 29.3 Å². The molecule has 0 radical (unpaired) electrons. The maximum absolute atomic E-state index is 13.4. The molecule has 0 aromatic rings. The fourth-order valence-corrected chi connectivity index (χ4v) is 8.96. The van der Waals surface area contributed by atoms with Gasteiger partial charge in [-0.05, 0) is 68.3 Å². The summed E-state index contributed by atoms with van der Waals surface area (Å²) in [5.41, 5.74) is -1.42. The Hall–Kier alpha value is -1.40. The predicted molar refractivity (Wildman–Crippen MR) is 101 cm³/mol. The second-order valence-corrected chi connectivity index (χ2v) is 10.9. The monoisotopic (exact) mass is 402 g/mol. The van der Waals surface area contributed by atoms with E-state index in [1.54, 1.807) is 6.08 Å². The maximum atomic E-state index is 13.4. The van der Waals surface area contributed by atoms with Crippen molar-refractivity contribution in [3.63, 3.8) is 0 Å². The fraction of sp³-hybridized carbons (Fsp3) is 0.826. The molecule has 0 aromatic carbocycles. The highest BCUT2D eigenvalue weighted by Gasteiger charge is 2.80. The molecule has 0 amide bonds. The Kier molecular flexibility index (Phi) is 3.45. The number of cyclic esters (lactones) is 1. The Morgan fingerprint density at radius 2 is 1.86 bits per heavy atom. The van der Waals surface area contributed by atoms with Gasteiger partial charge in [0.1, 0.15) is 17.6 Å². The largest absolute Gasteiger partial charge is 0.458 e. The number of aliphatic hydroxyl groups excluding tert-OH is 1. The Morgan fingerprint density at radius 1 is 1.03 bits per heavy atom. The number of ether oxygens (including phenoxy) is 2. The maximum Gasteiger partial charge on any atom is 0.331 e. The number of fused-ring (bicyclic) bond motifs is 1. The zero-order valence-corrected chi connectivity index (χ0v) is 17.0. The molecule has 6 aliphatic rings. The van der Waals surface area contributed by atoms with Gasteiger partial charge in [0, 0.05) is 24.3 Å². The number of hydrogen-bond acceptors (Lipinski definition) is 6. The van der Waals surface area contributed by atoms with Crippen molar-refractivity contribution in [2.24, 2.45) is 28.6 Å². The lowest BCUT2D eigenvalue weighted by atomic mass is 9.42. The van der Waals surface area contributed by atoms with E-state index < -0.39 is 22.7 Å². The van der Waals surface area contributed by atoms with E-state index in [-0.39, 0.29) is 35.6 Å². The molecule has 4 saturated carbocycles. The zero-order valence-electron chi connectivity index (χ0n) is 17.0. The van der Waals surface area contributed by atoms with Gasteiger partial charge in [-0.2, -0.15) is 0 Å². The Morgan fingerprint density at radius 3 is 2.62 bits per heavy atom. The topological polar surface area (TPSA) is 93.1 Å². The van der Waals surface area contributed by atoms with E-state index in [1.165, 1.54) is 0 Å². The average Bonchev–Trinajstić information content (AvgIpc) is 3.29. The first-order valence-corrected chi connectivity index (χ1v) is 11.3. The van der Waals surface area contributed by atoms with Crippen molar-refractivity contribution in [2.75, 3.05) is 6.61 Å². The first kappa shape index (κ1) is 18.4. The van der Waals surface area contributed by atoms with Crippen LogP contribution >= 0.6 is 0 Å². The van der Waals surface area contributed by atoms with Crippen LogP contribution in [0.2, 0.25) is 0 Å². The number of aliphatic hydroxyl groups is 2. The molecule has 1 spiro atoms. The van der Waals surface area contributed by atoms with Crippen LogP contribution in [-0.2, 0) is 19.1 Å². The Balaban J connectivity index is 1.41. The molecule has 2 heterocycles. The van der Waals surface area contributed by atoms with E-state index in [1.807, 2.05) is 0 Å². The van der Waals surface area contributed by atoms with Gasteiger partial charge in [0.2, 0.25) is 0 Å². The molecule has 2 bridgehead atoms. The van der Waals surface area contributed by atoms with Gasteiger partial charge in [-0.3, -0.25) is 4.79 Å². The van der Waals surface area contributed by atoms with Gasteiger partial charge in [0.05, 0.1) is 11.7 Å². The van der Waals surface area contributed by atoms with Crippen LogP contribution in [0.25, 0.3) is 0 Å². The average molecular weight is 402 g/mol. The van der Waals surface area contributed by atoms with E-state index in [9.17, 15) is 19.8 Å². The third kappa shape index (κ3) is 1.96. The summed E-state index contributed by atoms with van der Waals surface area (Å²) in [4.78, 5) is 25.1. The van der Waals surface area contributed by atoms with E-state index in [0.29, 0.717) is 38.2 Å². The summed E-state index contributed by atoms with van der Waals surface area (Å²) in [6.45, 7) is 2.71. The molecule has 1 saturated heterocycles. The van der Waals surface area contributed by atoms with Crippen LogP contribution in [0.4, 0.5) is 0 Å². The lowest BCUT2D eigenvalue weighted by Gasteiger charge is -2.61. The molecule has 6 nitrogen and oxygen atoms in total. The molecular formula is C23H30O6. The SMILES string of the molecule is C[C@]12CC[C@H]3[C@@]4(CC[C@]5(O)C[C@@H](O)CC[C@]35C(=O)O4)[C@@H]1CC[C@@H]2C1=CC(=O)OC1. The van der Waals surface area contributed by atoms with Crippen LogP contribution in [0.1, 0.15) is 64.7 Å². The van der Waals surface area contributed by atoms with E-state index in [4.69, 9.17) is 9.47 Å². The van der Waals surface area contributed by atoms with Crippen molar-refractivity contribution in [1.29, 1.82) is 0 Å². The zero-order chi connectivity index (χ0) is 20.2. The van der Waals surface area contributed by atoms with Crippen LogP contribution < -0.4 is 0 Å². The summed E-state index contributed by atoms with van der Waals surface area (Å²) in [5, 5.41) is 21.8. The standard InChI is InChI=1S/C23H30O6/c1-20-6-5-17-22-7-4-14(24)11-21(22,27)8-9-23(17,29-19(22)26)16(20)3-2-15(20)13-10-18(25)28-12-13/h10,14-17,24,27H,2-9,11-12H2,1H3/t14-,15+,16+,17+,20+,21-,22+,23+/m0/s1. The highest BCUT2D eigenvalue weighted by Crippen LogP contribution is 2.74. The van der Waals surface area contributed by atoms with Crippen molar-refractivity contribution in [2.45, 2.75) is 82.0 Å². The van der Waals surface area contributed by atoms with E-state index in [0.717, 1.165) is 31.3 Å². The summed E-state index contributed by atoms with van der Waals surface area (Å²) < 4.78 is 11.6. The minimum Gasteiger partial charge on any atom is -0.458 e. The van der Waals surface area contributed by atoms with Crippen LogP contribution in [0.15, 0.2) is 11.6 Å². The minimum absolute atomic E-state index is 0.0221. The second kappa shape index (κ2) is 5.44. The summed E-state index contributed by atoms with van der Waals surface area (Å²) in [6, 6.07) is 0. The molecule has 158 valence electrons. The Bertz CT molecular complexity index is 835. The number of esters is 2. The van der Waals surface area contributed by atoms with Gasteiger partial charge < -0.3 is 19.7 Å². The molecular weight excluding hydrogens is 372 g/mol. The quantitative estimate of drug-likeness (QED) is 0.654. The van der Waals surface area contributed by atoms with Crippen molar-refractivity contribution in [3.8, 4) is 0 Å². The summed E-state index contributed by atoms with van der Waals surface area (Å²) in [5.74, 6) is 0.101. The number of carbonyl (C=O) groups is 2. The molecule has 5 fully saturated rings.